The number of aliphatic carboxylic acids is 1. The number of carbonyl (C=O) groups is 2. The normalized spacial score (nSPS) is 11.2. The van der Waals surface area contributed by atoms with Crippen molar-refractivity contribution in [2.75, 3.05) is 5.32 Å². The molecule has 2 aromatic carbocycles. The number of aromatic hydroxyl groups is 1. The van der Waals surface area contributed by atoms with Gasteiger partial charge in [-0.15, -0.1) is 0 Å². The molecule has 0 radical (unpaired) electrons. The van der Waals surface area contributed by atoms with Gasteiger partial charge in [0.1, 0.15) is 5.75 Å². The van der Waals surface area contributed by atoms with Crippen LogP contribution in [0.5, 0.6) is 5.75 Å². The summed E-state index contributed by atoms with van der Waals surface area (Å²) >= 11 is 5.94. The third kappa shape index (κ3) is 6.61. The Bertz CT molecular complexity index is 1230. The van der Waals surface area contributed by atoms with E-state index >= 15 is 0 Å². The number of nitrogens with zero attached hydrogens (tertiary/aromatic N) is 1. The quantitative estimate of drug-likeness (QED) is 0.404. The first kappa shape index (κ1) is 26.5. The fourth-order valence-electron chi connectivity index (χ4n) is 3.31. The number of halogens is 1. The average molecular weight is 480 g/mol. The summed E-state index contributed by atoms with van der Waals surface area (Å²) in [7, 11) is 1.49. The van der Waals surface area contributed by atoms with E-state index in [1.807, 2.05) is 18.2 Å². The Morgan fingerprint density at radius 2 is 1.79 bits per heavy atom. The summed E-state index contributed by atoms with van der Waals surface area (Å²) in [6.45, 7) is 1.59. The number of carboxylic acid groups (broad SMARTS) is 1. The zero-order chi connectivity index (χ0) is 23.4. The van der Waals surface area contributed by atoms with Crippen molar-refractivity contribution in [1.82, 2.24) is 9.88 Å². The van der Waals surface area contributed by atoms with E-state index < -0.39 is 23.6 Å². The van der Waals surface area contributed by atoms with E-state index in [1.54, 1.807) is 37.3 Å². The molecule has 168 valence electrons. The SMILES string of the molecule is Cc1cn(C)c(=O)c(NC(=O)NC(CC(=O)O)c2cccc(-c3ccc(Cl)cc3)c2)c1O.[NaH]. The molecule has 2 amide bonds. The molecule has 1 heterocycles. The molecule has 0 aliphatic carbocycles. The second-order valence-electron chi connectivity index (χ2n) is 7.33. The number of urea groups is 1. The molecule has 3 aromatic rings. The number of carbonyl (C=O) groups excluding carboxylic acids is 1. The third-order valence-corrected chi connectivity index (χ3v) is 5.17. The monoisotopic (exact) mass is 479 g/mol. The molecule has 0 saturated heterocycles. The van der Waals surface area contributed by atoms with Crippen molar-refractivity contribution >= 4 is 58.8 Å². The first-order chi connectivity index (χ1) is 15.2. The van der Waals surface area contributed by atoms with Crippen molar-refractivity contribution in [3.05, 3.63) is 81.2 Å². The van der Waals surface area contributed by atoms with E-state index in [1.165, 1.54) is 17.8 Å². The molecule has 0 aliphatic rings. The van der Waals surface area contributed by atoms with Crippen molar-refractivity contribution < 1.29 is 19.8 Å². The fraction of sp³-hybridized carbons (Fsp3) is 0.174. The number of pyridine rings is 1. The van der Waals surface area contributed by atoms with Crippen molar-refractivity contribution in [2.24, 2.45) is 7.05 Å². The number of carboxylic acids is 1. The first-order valence-corrected chi connectivity index (χ1v) is 10.1. The van der Waals surface area contributed by atoms with Crippen molar-refractivity contribution in [3.63, 3.8) is 0 Å². The van der Waals surface area contributed by atoms with Gasteiger partial charge < -0.3 is 25.4 Å². The zero-order valence-corrected chi connectivity index (χ0v) is 18.2. The zero-order valence-electron chi connectivity index (χ0n) is 17.4. The Labute approximate surface area is 217 Å². The second-order valence-corrected chi connectivity index (χ2v) is 7.77. The molecular weight excluding hydrogens is 457 g/mol. The Kier molecular flexibility index (Phi) is 9.13. The molecule has 0 bridgehead atoms. The summed E-state index contributed by atoms with van der Waals surface area (Å²) in [6, 6.07) is 12.6. The predicted octanol–water partition coefficient (Wildman–Crippen LogP) is 3.41. The van der Waals surface area contributed by atoms with Crippen LogP contribution in [0.1, 0.15) is 23.6 Å². The van der Waals surface area contributed by atoms with Gasteiger partial charge in [0.05, 0.1) is 12.5 Å². The van der Waals surface area contributed by atoms with Crippen LogP contribution >= 0.6 is 11.6 Å². The minimum atomic E-state index is -1.11. The molecule has 3 rings (SSSR count). The van der Waals surface area contributed by atoms with Crippen molar-refractivity contribution in [3.8, 4) is 16.9 Å². The van der Waals surface area contributed by atoms with Crippen LogP contribution in [0.25, 0.3) is 11.1 Å². The van der Waals surface area contributed by atoms with E-state index in [-0.39, 0.29) is 47.4 Å². The van der Waals surface area contributed by atoms with Gasteiger partial charge in [0.15, 0.2) is 5.69 Å². The van der Waals surface area contributed by atoms with Crippen LogP contribution in [0, 0.1) is 6.92 Å². The van der Waals surface area contributed by atoms with Gasteiger partial charge in [0.2, 0.25) is 0 Å². The maximum atomic E-state index is 12.6. The van der Waals surface area contributed by atoms with Gasteiger partial charge in [0.25, 0.3) is 5.56 Å². The van der Waals surface area contributed by atoms with Crippen LogP contribution in [0.3, 0.4) is 0 Å². The van der Waals surface area contributed by atoms with Crippen molar-refractivity contribution in [2.45, 2.75) is 19.4 Å². The number of nitrogens with one attached hydrogen (secondary N) is 2. The Morgan fingerprint density at radius 1 is 1.12 bits per heavy atom. The van der Waals surface area contributed by atoms with E-state index in [9.17, 15) is 24.6 Å². The number of rotatable bonds is 6. The van der Waals surface area contributed by atoms with Crippen LogP contribution in [-0.4, -0.2) is 56.3 Å². The van der Waals surface area contributed by atoms with Gasteiger partial charge in [-0.2, -0.15) is 0 Å². The molecular formula is C23H23ClN3NaO5. The maximum absolute atomic E-state index is 12.6. The Morgan fingerprint density at radius 3 is 2.42 bits per heavy atom. The average Bonchev–Trinajstić information content (AvgIpc) is 2.75. The summed E-state index contributed by atoms with van der Waals surface area (Å²) in [5, 5.41) is 25.0. The number of benzene rings is 2. The predicted molar refractivity (Wildman–Crippen MR) is 129 cm³/mol. The Hall–Kier alpha value is -2.78. The standard InChI is InChI=1S/C23H22ClN3O5.Na.H/c1-13-12-27(2)22(31)20(21(13)30)26-23(32)25-18(11-19(28)29)16-5-3-4-15(10-16)14-6-8-17(24)9-7-14;;/h3-10,12,18,30H,11H2,1-2H3,(H,28,29)(H2,25,26,32);;. The molecule has 0 fully saturated rings. The van der Waals surface area contributed by atoms with Crippen LogP contribution in [-0.2, 0) is 11.8 Å². The van der Waals surface area contributed by atoms with Gasteiger partial charge in [-0.1, -0.05) is 41.9 Å². The molecule has 1 aromatic heterocycles. The van der Waals surface area contributed by atoms with Gasteiger partial charge >= 0.3 is 41.6 Å². The topological polar surface area (TPSA) is 121 Å². The summed E-state index contributed by atoms with van der Waals surface area (Å²) < 4.78 is 1.23. The van der Waals surface area contributed by atoms with Gasteiger partial charge in [0, 0.05) is 23.8 Å². The molecule has 4 N–H and O–H groups in total. The molecule has 10 heteroatoms. The second kappa shape index (κ2) is 11.4. The first-order valence-electron chi connectivity index (χ1n) is 9.70. The summed E-state index contributed by atoms with van der Waals surface area (Å²) in [5.41, 5.74) is 1.79. The molecule has 1 atom stereocenters. The summed E-state index contributed by atoms with van der Waals surface area (Å²) in [6.07, 6.45) is 1.06. The van der Waals surface area contributed by atoms with Crippen molar-refractivity contribution in [1.29, 1.82) is 0 Å². The molecule has 0 aliphatic heterocycles. The van der Waals surface area contributed by atoms with Gasteiger partial charge in [-0.3, -0.25) is 9.59 Å². The number of aromatic nitrogens is 1. The number of anilines is 1. The van der Waals surface area contributed by atoms with E-state index in [0.717, 1.165) is 11.1 Å². The Balaban J connectivity index is 0.00000385. The van der Waals surface area contributed by atoms with Crippen LogP contribution in [0.15, 0.2) is 59.5 Å². The van der Waals surface area contributed by atoms with E-state index in [2.05, 4.69) is 10.6 Å². The molecule has 8 nitrogen and oxygen atoms in total. The molecule has 33 heavy (non-hydrogen) atoms. The van der Waals surface area contributed by atoms with Crippen LogP contribution < -0.4 is 16.2 Å². The summed E-state index contributed by atoms with van der Waals surface area (Å²) in [5.74, 6) is -1.45. The third-order valence-electron chi connectivity index (χ3n) is 4.92. The number of amides is 2. The van der Waals surface area contributed by atoms with Crippen LogP contribution in [0.2, 0.25) is 5.02 Å². The minimum absolute atomic E-state index is 0. The van der Waals surface area contributed by atoms with Gasteiger partial charge in [-0.05, 0) is 41.8 Å². The van der Waals surface area contributed by atoms with E-state index in [4.69, 9.17) is 11.6 Å². The summed E-state index contributed by atoms with van der Waals surface area (Å²) in [4.78, 5) is 36.3. The molecule has 1 unspecified atom stereocenters. The number of aryl methyl sites for hydroxylation is 2. The fourth-order valence-corrected chi connectivity index (χ4v) is 3.44. The van der Waals surface area contributed by atoms with E-state index in [0.29, 0.717) is 16.1 Å². The number of hydrogen-bond acceptors (Lipinski definition) is 4. The molecule has 0 saturated carbocycles. The number of hydrogen-bond donors (Lipinski definition) is 4. The van der Waals surface area contributed by atoms with Crippen LogP contribution in [0.4, 0.5) is 10.5 Å². The molecule has 0 spiro atoms. The van der Waals surface area contributed by atoms with Gasteiger partial charge in [-0.25, -0.2) is 4.79 Å².